The first-order valence-electron chi connectivity index (χ1n) is 8.27. The topological polar surface area (TPSA) is 29.5 Å². The van der Waals surface area contributed by atoms with Crippen molar-refractivity contribution >= 4 is 28.1 Å². The molecule has 0 aromatic heterocycles. The van der Waals surface area contributed by atoms with Crippen molar-refractivity contribution in [2.24, 2.45) is 0 Å². The van der Waals surface area contributed by atoms with E-state index < -0.39 is 16.5 Å². The van der Waals surface area contributed by atoms with Crippen molar-refractivity contribution in [2.45, 2.75) is 39.3 Å². The van der Waals surface area contributed by atoms with Gasteiger partial charge in [0.1, 0.15) is 22.2 Å². The molecule has 0 bridgehead atoms. The van der Waals surface area contributed by atoms with Gasteiger partial charge < -0.3 is 8.97 Å². The van der Waals surface area contributed by atoms with E-state index in [4.69, 9.17) is 4.74 Å². The number of anilines is 1. The monoisotopic (exact) mass is 357 g/mol. The van der Waals surface area contributed by atoms with E-state index in [0.717, 1.165) is 5.69 Å². The van der Waals surface area contributed by atoms with Crippen LogP contribution in [0.1, 0.15) is 10.4 Å². The highest BCUT2D eigenvalue weighted by Crippen LogP contribution is 2.29. The molecule has 0 N–H and O–H groups in total. The zero-order valence-electron chi connectivity index (χ0n) is 15.5. The van der Waals surface area contributed by atoms with Gasteiger partial charge >= 0.3 is 5.97 Å². The van der Waals surface area contributed by atoms with Gasteiger partial charge in [0.2, 0.25) is 0 Å². The van der Waals surface area contributed by atoms with Crippen LogP contribution >= 0.6 is 0 Å². The summed E-state index contributed by atoms with van der Waals surface area (Å²) in [5.41, 5.74) is 1.73. The van der Waals surface area contributed by atoms with Gasteiger partial charge in [0.15, 0.2) is 0 Å². The average Bonchev–Trinajstić information content (AvgIpc) is 2.45. The number of hydrogen-bond acceptors (Lipinski definition) is 3. The van der Waals surface area contributed by atoms with Gasteiger partial charge in [-0.25, -0.2) is 4.79 Å². The molecule has 2 aromatic carbocycles. The average molecular weight is 358 g/mol. The second-order valence-electron chi connectivity index (χ2n) is 7.93. The fourth-order valence-corrected chi connectivity index (χ4v) is 13.1. The lowest BCUT2D eigenvalue weighted by atomic mass is 10.2. The Bertz CT molecular complexity index is 689. The van der Waals surface area contributed by atoms with Crippen LogP contribution in [-0.2, 0) is 0 Å². The third kappa shape index (κ3) is 4.58. The van der Waals surface area contributed by atoms with Crippen molar-refractivity contribution in [1.82, 2.24) is 0 Å². The SMILES string of the molecule is C[Si](C)(C)N(c1cccc(C(=O)Oc2ccccc2)c1)[Si](C)(C)C. The van der Waals surface area contributed by atoms with E-state index in [-0.39, 0.29) is 5.97 Å². The zero-order chi connectivity index (χ0) is 18.0. The molecule has 0 radical (unpaired) electrons. The van der Waals surface area contributed by atoms with Crippen LogP contribution in [0.25, 0.3) is 0 Å². The Labute approximate surface area is 147 Å². The standard InChI is InChI=1S/C19H27NO2Si2/c1-23(2,3)20(24(4,5)6)17-12-10-11-16(15-17)19(21)22-18-13-8-7-9-14-18/h7-15H,1-6H3. The Morgan fingerprint density at radius 3 is 1.96 bits per heavy atom. The summed E-state index contributed by atoms with van der Waals surface area (Å²) in [7, 11) is -3.10. The molecule has 0 amide bonds. The van der Waals surface area contributed by atoms with Crippen LogP contribution in [0.3, 0.4) is 0 Å². The van der Waals surface area contributed by atoms with Gasteiger partial charge in [-0.15, -0.1) is 0 Å². The Balaban J connectivity index is 2.32. The van der Waals surface area contributed by atoms with E-state index in [9.17, 15) is 4.79 Å². The number of nitrogens with zero attached hydrogens (tertiary/aromatic N) is 1. The van der Waals surface area contributed by atoms with Gasteiger partial charge in [-0.1, -0.05) is 63.5 Å². The minimum Gasteiger partial charge on any atom is -0.425 e. The smallest absolute Gasteiger partial charge is 0.343 e. The fourth-order valence-electron chi connectivity index (χ4n) is 3.21. The van der Waals surface area contributed by atoms with Gasteiger partial charge in [-0.2, -0.15) is 0 Å². The number of para-hydroxylation sites is 1. The maximum atomic E-state index is 12.5. The number of hydrogen-bond donors (Lipinski definition) is 0. The second-order valence-corrected chi connectivity index (χ2v) is 18.0. The number of carbonyl (C=O) groups excluding carboxylic acids is 1. The summed E-state index contributed by atoms with van der Waals surface area (Å²) >= 11 is 0. The van der Waals surface area contributed by atoms with E-state index in [1.165, 1.54) is 0 Å². The Kier molecular flexibility index (Phi) is 5.35. The molecule has 2 aromatic rings. The third-order valence-corrected chi connectivity index (χ3v) is 10.9. The Morgan fingerprint density at radius 2 is 1.42 bits per heavy atom. The van der Waals surface area contributed by atoms with Crippen LogP contribution in [0.5, 0.6) is 5.75 Å². The van der Waals surface area contributed by atoms with Crippen LogP contribution in [0.15, 0.2) is 54.6 Å². The number of carbonyl (C=O) groups is 1. The second kappa shape index (κ2) is 6.95. The van der Waals surface area contributed by atoms with Crippen LogP contribution in [0.4, 0.5) is 5.69 Å². The highest BCUT2D eigenvalue weighted by atomic mass is 28.4. The maximum Gasteiger partial charge on any atom is 0.343 e. The molecule has 0 saturated heterocycles. The molecule has 0 spiro atoms. The summed E-state index contributed by atoms with van der Waals surface area (Å²) < 4.78 is 8.07. The minimum atomic E-state index is -1.55. The van der Waals surface area contributed by atoms with E-state index in [1.54, 1.807) is 12.1 Å². The lowest BCUT2D eigenvalue weighted by molar-refractivity contribution is 0.0735. The Hall–Kier alpha value is -1.86. The first-order valence-corrected chi connectivity index (χ1v) is 15.2. The molecule has 128 valence electrons. The highest BCUT2D eigenvalue weighted by Gasteiger charge is 2.34. The van der Waals surface area contributed by atoms with Crippen molar-refractivity contribution in [3.63, 3.8) is 0 Å². The number of rotatable bonds is 5. The molecule has 0 unspecified atom stereocenters. The molecule has 0 heterocycles. The Morgan fingerprint density at radius 1 is 0.833 bits per heavy atom. The summed E-state index contributed by atoms with van der Waals surface area (Å²) in [6, 6.07) is 17.0. The first-order chi connectivity index (χ1) is 11.1. The first kappa shape index (κ1) is 18.5. The van der Waals surface area contributed by atoms with Gasteiger partial charge in [0.05, 0.1) is 5.56 Å². The molecule has 0 fully saturated rings. The molecular weight excluding hydrogens is 330 g/mol. The molecule has 0 atom stereocenters. The third-order valence-electron chi connectivity index (χ3n) is 3.64. The van der Waals surface area contributed by atoms with Gasteiger partial charge in [-0.05, 0) is 30.3 Å². The molecule has 24 heavy (non-hydrogen) atoms. The molecule has 0 aliphatic carbocycles. The summed E-state index contributed by atoms with van der Waals surface area (Å²) in [4.78, 5) is 12.5. The lowest BCUT2D eigenvalue weighted by Crippen LogP contribution is -2.59. The molecule has 0 aliphatic heterocycles. The zero-order valence-corrected chi connectivity index (χ0v) is 17.5. The summed E-state index contributed by atoms with van der Waals surface area (Å²) in [6.45, 7) is 14.1. The summed E-state index contributed by atoms with van der Waals surface area (Å²) in [5, 5.41) is 0. The fraction of sp³-hybridized carbons (Fsp3) is 0.316. The summed E-state index contributed by atoms with van der Waals surface area (Å²) in [5.74, 6) is 0.259. The highest BCUT2D eigenvalue weighted by molar-refractivity contribution is 6.99. The van der Waals surface area contributed by atoms with E-state index in [2.05, 4.69) is 49.6 Å². The van der Waals surface area contributed by atoms with E-state index in [0.29, 0.717) is 11.3 Å². The van der Waals surface area contributed by atoms with Crippen molar-refractivity contribution in [1.29, 1.82) is 0 Å². The van der Waals surface area contributed by atoms with E-state index >= 15 is 0 Å². The molecule has 0 saturated carbocycles. The lowest BCUT2D eigenvalue weighted by Gasteiger charge is -2.46. The quantitative estimate of drug-likeness (QED) is 0.408. The largest absolute Gasteiger partial charge is 0.425 e. The minimum absolute atomic E-state index is 0.311. The normalized spacial score (nSPS) is 11.9. The van der Waals surface area contributed by atoms with Gasteiger partial charge in [0.25, 0.3) is 0 Å². The van der Waals surface area contributed by atoms with Crippen molar-refractivity contribution < 1.29 is 9.53 Å². The van der Waals surface area contributed by atoms with Crippen LogP contribution in [0, 0.1) is 0 Å². The number of ether oxygens (including phenoxy) is 1. The van der Waals surface area contributed by atoms with Crippen LogP contribution < -0.4 is 8.97 Å². The summed E-state index contributed by atoms with van der Waals surface area (Å²) in [6.07, 6.45) is 0. The van der Waals surface area contributed by atoms with Crippen molar-refractivity contribution in [2.75, 3.05) is 4.23 Å². The molecule has 3 nitrogen and oxygen atoms in total. The van der Waals surface area contributed by atoms with E-state index in [1.807, 2.05) is 36.4 Å². The molecule has 0 aliphatic rings. The number of esters is 1. The van der Waals surface area contributed by atoms with Crippen molar-refractivity contribution in [3.8, 4) is 5.75 Å². The van der Waals surface area contributed by atoms with Gasteiger partial charge in [-0.3, -0.25) is 0 Å². The molecule has 2 rings (SSSR count). The van der Waals surface area contributed by atoms with Crippen LogP contribution in [0.2, 0.25) is 39.3 Å². The number of benzene rings is 2. The molecule has 5 heteroatoms. The maximum absolute atomic E-state index is 12.5. The molecular formula is C19H27NO2Si2. The van der Waals surface area contributed by atoms with Gasteiger partial charge in [0, 0.05) is 5.69 Å². The van der Waals surface area contributed by atoms with Crippen LogP contribution in [-0.4, -0.2) is 22.4 Å². The van der Waals surface area contributed by atoms with Crippen molar-refractivity contribution in [3.05, 3.63) is 60.2 Å². The predicted molar refractivity (Wildman–Crippen MR) is 107 cm³/mol. The predicted octanol–water partition coefficient (Wildman–Crippen LogP) is 5.38.